The van der Waals surface area contributed by atoms with E-state index in [9.17, 15) is 9.59 Å². The van der Waals surface area contributed by atoms with Gasteiger partial charge in [0.1, 0.15) is 0 Å². The Morgan fingerprint density at radius 2 is 1.52 bits per heavy atom. The van der Waals surface area contributed by atoms with Crippen LogP contribution in [0.1, 0.15) is 6.42 Å². The number of nitrogens with one attached hydrogen (secondary N) is 1. The molecule has 164 valence electrons. The van der Waals surface area contributed by atoms with Crippen LogP contribution in [-0.2, 0) is 13.1 Å². The third-order valence-corrected chi connectivity index (χ3v) is 5.60. The molecule has 0 aliphatic carbocycles. The molecule has 2 aromatic heterocycles. The monoisotopic (exact) mass is 437 g/mol. The molecule has 2 heterocycles. The van der Waals surface area contributed by atoms with Gasteiger partial charge in [0.15, 0.2) is 0 Å². The van der Waals surface area contributed by atoms with Crippen molar-refractivity contribution in [3.63, 3.8) is 0 Å². The molecule has 0 aliphatic rings. The van der Waals surface area contributed by atoms with E-state index in [0.717, 1.165) is 24.3 Å². The Morgan fingerprint density at radius 3 is 2.27 bits per heavy atom. The smallest absolute Gasteiger partial charge is 0.336 e. The SMILES string of the molecule is O=c1c2ccccc2n(CCCn2ccnc2)c(=O)n1-c1ccc(Nc2ccccc2)cc1. The van der Waals surface area contributed by atoms with E-state index in [4.69, 9.17) is 0 Å². The number of nitrogens with zero attached hydrogens (tertiary/aromatic N) is 4. The van der Waals surface area contributed by atoms with Crippen LogP contribution < -0.4 is 16.6 Å². The van der Waals surface area contributed by atoms with E-state index in [1.165, 1.54) is 4.57 Å². The largest absolute Gasteiger partial charge is 0.356 e. The van der Waals surface area contributed by atoms with E-state index in [0.29, 0.717) is 23.1 Å². The number of benzene rings is 3. The van der Waals surface area contributed by atoms with Gasteiger partial charge in [-0.1, -0.05) is 30.3 Å². The second-order valence-electron chi connectivity index (χ2n) is 7.78. The first kappa shape index (κ1) is 20.5. The molecule has 0 bridgehead atoms. The molecule has 3 aromatic carbocycles. The van der Waals surface area contributed by atoms with Crippen LogP contribution in [0.3, 0.4) is 0 Å². The standard InChI is InChI=1S/C26H23N5O2/c32-25-23-9-4-5-10-24(23)30(17-6-16-29-18-15-27-19-29)26(33)31(25)22-13-11-21(12-14-22)28-20-7-2-1-3-8-20/h1-5,7-15,18-19,28H,6,16-17H2. The van der Waals surface area contributed by atoms with Crippen molar-refractivity contribution in [2.75, 3.05) is 5.32 Å². The van der Waals surface area contributed by atoms with Crippen LogP contribution in [0.2, 0.25) is 0 Å². The molecule has 5 rings (SSSR count). The molecular formula is C26H23N5O2. The van der Waals surface area contributed by atoms with Gasteiger partial charge in [0, 0.05) is 36.9 Å². The molecule has 5 aromatic rings. The highest BCUT2D eigenvalue weighted by atomic mass is 16.2. The molecule has 0 atom stereocenters. The van der Waals surface area contributed by atoms with Gasteiger partial charge >= 0.3 is 5.69 Å². The van der Waals surface area contributed by atoms with Crippen molar-refractivity contribution >= 4 is 22.3 Å². The van der Waals surface area contributed by atoms with Crippen molar-refractivity contribution in [1.82, 2.24) is 18.7 Å². The molecular weight excluding hydrogens is 414 g/mol. The van der Waals surface area contributed by atoms with Crippen LogP contribution in [-0.4, -0.2) is 18.7 Å². The van der Waals surface area contributed by atoms with Crippen LogP contribution >= 0.6 is 0 Å². The molecule has 7 nitrogen and oxygen atoms in total. The summed E-state index contributed by atoms with van der Waals surface area (Å²) >= 11 is 0. The summed E-state index contributed by atoms with van der Waals surface area (Å²) in [5.41, 5.74) is 2.38. The van der Waals surface area contributed by atoms with Crippen LogP contribution in [0, 0.1) is 0 Å². The molecule has 33 heavy (non-hydrogen) atoms. The Labute approximate surface area is 190 Å². The van der Waals surface area contributed by atoms with Gasteiger partial charge in [0.25, 0.3) is 5.56 Å². The maximum atomic E-state index is 13.5. The third-order valence-electron chi connectivity index (χ3n) is 5.60. The summed E-state index contributed by atoms with van der Waals surface area (Å²) in [5.74, 6) is 0. The number of hydrogen-bond donors (Lipinski definition) is 1. The van der Waals surface area contributed by atoms with Crippen molar-refractivity contribution in [2.45, 2.75) is 19.5 Å². The lowest BCUT2D eigenvalue weighted by atomic mass is 10.2. The van der Waals surface area contributed by atoms with E-state index in [1.807, 2.05) is 71.4 Å². The zero-order valence-corrected chi connectivity index (χ0v) is 18.0. The molecule has 0 aliphatic heterocycles. The second-order valence-corrected chi connectivity index (χ2v) is 7.78. The summed E-state index contributed by atoms with van der Waals surface area (Å²) < 4.78 is 4.91. The topological polar surface area (TPSA) is 73.8 Å². The first-order valence-corrected chi connectivity index (χ1v) is 10.8. The number of imidazole rings is 1. The fraction of sp³-hybridized carbons (Fsp3) is 0.115. The number of rotatable bonds is 7. The van der Waals surface area contributed by atoms with Gasteiger partial charge in [-0.05, 0) is 55.0 Å². The van der Waals surface area contributed by atoms with E-state index in [-0.39, 0.29) is 11.2 Å². The quantitative estimate of drug-likeness (QED) is 0.415. The number of anilines is 2. The summed E-state index contributed by atoms with van der Waals surface area (Å²) in [5, 5.41) is 3.84. The van der Waals surface area contributed by atoms with Crippen molar-refractivity contribution < 1.29 is 0 Å². The first-order chi connectivity index (χ1) is 16.2. The Hall–Kier alpha value is -4.39. The van der Waals surface area contributed by atoms with Crippen molar-refractivity contribution in [2.24, 2.45) is 0 Å². The van der Waals surface area contributed by atoms with Crippen LogP contribution in [0.15, 0.2) is 107 Å². The van der Waals surface area contributed by atoms with Gasteiger partial charge in [0.2, 0.25) is 0 Å². The molecule has 0 amide bonds. The molecule has 0 radical (unpaired) electrons. The fourth-order valence-corrected chi connectivity index (χ4v) is 3.98. The molecule has 0 spiro atoms. The molecule has 1 N–H and O–H groups in total. The van der Waals surface area contributed by atoms with Gasteiger partial charge < -0.3 is 9.88 Å². The summed E-state index contributed by atoms with van der Waals surface area (Å²) in [4.78, 5) is 30.8. The normalized spacial score (nSPS) is 11.0. The van der Waals surface area contributed by atoms with E-state index in [1.54, 1.807) is 35.3 Å². The average molecular weight is 438 g/mol. The summed E-state index contributed by atoms with van der Waals surface area (Å²) in [6.07, 6.45) is 6.12. The lowest BCUT2D eigenvalue weighted by Gasteiger charge is -2.15. The van der Waals surface area contributed by atoms with E-state index >= 15 is 0 Å². The van der Waals surface area contributed by atoms with Gasteiger partial charge in [-0.25, -0.2) is 14.3 Å². The number of aryl methyl sites for hydroxylation is 2. The zero-order valence-electron chi connectivity index (χ0n) is 18.0. The van der Waals surface area contributed by atoms with Gasteiger partial charge in [-0.3, -0.25) is 9.36 Å². The van der Waals surface area contributed by atoms with Crippen LogP contribution in [0.5, 0.6) is 0 Å². The maximum Gasteiger partial charge on any atom is 0.336 e. The Balaban J connectivity index is 1.51. The number of hydrogen-bond acceptors (Lipinski definition) is 4. The maximum absolute atomic E-state index is 13.5. The lowest BCUT2D eigenvalue weighted by Crippen LogP contribution is -2.39. The molecule has 0 unspecified atom stereocenters. The summed E-state index contributed by atoms with van der Waals surface area (Å²) in [7, 11) is 0. The van der Waals surface area contributed by atoms with E-state index < -0.39 is 0 Å². The van der Waals surface area contributed by atoms with Crippen molar-refractivity contribution in [3.05, 3.63) is 118 Å². The Kier molecular flexibility index (Phi) is 5.59. The minimum Gasteiger partial charge on any atom is -0.356 e. The summed E-state index contributed by atoms with van der Waals surface area (Å²) in [6.45, 7) is 1.23. The minimum absolute atomic E-state index is 0.315. The van der Waals surface area contributed by atoms with Gasteiger partial charge in [0.05, 0.1) is 22.9 Å². The second kappa shape index (κ2) is 9.00. The highest BCUT2D eigenvalue weighted by Gasteiger charge is 2.14. The Morgan fingerprint density at radius 1 is 0.788 bits per heavy atom. The zero-order chi connectivity index (χ0) is 22.6. The van der Waals surface area contributed by atoms with Gasteiger partial charge in [-0.2, -0.15) is 0 Å². The van der Waals surface area contributed by atoms with Gasteiger partial charge in [-0.15, -0.1) is 0 Å². The van der Waals surface area contributed by atoms with E-state index in [2.05, 4.69) is 10.3 Å². The Bertz CT molecular complexity index is 1480. The lowest BCUT2D eigenvalue weighted by molar-refractivity contribution is 0.549. The molecule has 0 saturated carbocycles. The highest BCUT2D eigenvalue weighted by Crippen LogP contribution is 2.18. The number of para-hydroxylation sites is 2. The fourth-order valence-electron chi connectivity index (χ4n) is 3.98. The molecule has 0 saturated heterocycles. The van der Waals surface area contributed by atoms with Crippen molar-refractivity contribution in [1.29, 1.82) is 0 Å². The van der Waals surface area contributed by atoms with Crippen LogP contribution in [0.4, 0.5) is 11.4 Å². The summed E-state index contributed by atoms with van der Waals surface area (Å²) in [6, 6.07) is 24.4. The van der Waals surface area contributed by atoms with Crippen molar-refractivity contribution in [3.8, 4) is 5.69 Å². The molecule has 7 heteroatoms. The molecule has 0 fully saturated rings. The third kappa shape index (κ3) is 4.21. The minimum atomic E-state index is -0.340. The number of fused-ring (bicyclic) bond motifs is 1. The predicted molar refractivity (Wildman–Crippen MR) is 130 cm³/mol. The number of aromatic nitrogens is 4. The highest BCUT2D eigenvalue weighted by molar-refractivity contribution is 5.78. The van der Waals surface area contributed by atoms with Crippen LogP contribution in [0.25, 0.3) is 16.6 Å². The average Bonchev–Trinajstić information content (AvgIpc) is 3.37. The predicted octanol–water partition coefficient (Wildman–Crippen LogP) is 4.18. The first-order valence-electron chi connectivity index (χ1n) is 10.8.